The van der Waals surface area contributed by atoms with Crippen LogP contribution in [0.5, 0.6) is 5.88 Å². The van der Waals surface area contributed by atoms with Gasteiger partial charge in [-0.05, 0) is 20.8 Å². The van der Waals surface area contributed by atoms with Gasteiger partial charge in [0.15, 0.2) is 11.2 Å². The highest BCUT2D eigenvalue weighted by atomic mass is 32.2. The number of hydrogen-bond donors (Lipinski definition) is 0. The zero-order chi connectivity index (χ0) is 19.0. The summed E-state index contributed by atoms with van der Waals surface area (Å²) in [7, 11) is 1.97. The normalized spacial score (nSPS) is 17.9. The van der Waals surface area contributed by atoms with Crippen LogP contribution < -0.4 is 4.74 Å². The lowest BCUT2D eigenvalue weighted by Crippen LogP contribution is -2.24. The first-order valence-corrected chi connectivity index (χ1v) is 10.4. The number of aromatic nitrogens is 6. The van der Waals surface area contributed by atoms with Gasteiger partial charge in [0, 0.05) is 32.3 Å². The molecule has 1 aliphatic heterocycles. The highest BCUT2D eigenvalue weighted by Gasteiger charge is 2.29. The van der Waals surface area contributed by atoms with Gasteiger partial charge in [0.1, 0.15) is 24.0 Å². The van der Waals surface area contributed by atoms with Gasteiger partial charge in [0.2, 0.25) is 5.88 Å². The fraction of sp³-hybridized carbons (Fsp3) is 0.556. The highest BCUT2D eigenvalue weighted by Crippen LogP contribution is 2.29. The Morgan fingerprint density at radius 2 is 2.15 bits per heavy atom. The van der Waals surface area contributed by atoms with Crippen molar-refractivity contribution in [1.29, 1.82) is 0 Å². The Bertz CT molecular complexity index is 951. The van der Waals surface area contributed by atoms with Gasteiger partial charge in [0.05, 0.1) is 30.3 Å². The van der Waals surface area contributed by atoms with E-state index in [1.807, 2.05) is 22.5 Å². The van der Waals surface area contributed by atoms with Crippen molar-refractivity contribution in [3.63, 3.8) is 0 Å². The first kappa shape index (κ1) is 18.2. The standard InChI is InChI=1S/C18H25N7OS/c1-5-25-12(3)14(9-21-25)16-22-15-17(23(16)4)19-11-20-18(15)26-13-7-8-24(10-13)27-6-2/h9,11,13H,5-8,10H2,1-4H3/p+1/t13-/m0/s1. The summed E-state index contributed by atoms with van der Waals surface area (Å²) in [5.74, 6) is 2.55. The number of ether oxygens (including phenoxy) is 1. The van der Waals surface area contributed by atoms with E-state index in [9.17, 15) is 0 Å². The van der Waals surface area contributed by atoms with Crippen molar-refractivity contribution in [1.82, 2.24) is 33.6 Å². The molecular weight excluding hydrogens is 362 g/mol. The molecule has 9 heteroatoms. The molecule has 0 N–H and O–H groups in total. The summed E-state index contributed by atoms with van der Waals surface area (Å²) >= 11 is 1.37. The van der Waals surface area contributed by atoms with E-state index in [-0.39, 0.29) is 6.10 Å². The van der Waals surface area contributed by atoms with E-state index < -0.39 is 0 Å². The summed E-state index contributed by atoms with van der Waals surface area (Å²) in [6.07, 6.45) is 4.59. The molecule has 0 bridgehead atoms. The van der Waals surface area contributed by atoms with Crippen LogP contribution in [0.1, 0.15) is 26.0 Å². The molecule has 4 heterocycles. The number of thiol groups is 1. The molecule has 0 unspecified atom stereocenters. The summed E-state index contributed by atoms with van der Waals surface area (Å²) in [5.41, 5.74) is 3.60. The number of fused-ring (bicyclic) bond motifs is 1. The van der Waals surface area contributed by atoms with Crippen LogP contribution in [0.2, 0.25) is 0 Å². The monoisotopic (exact) mass is 388 g/mol. The maximum Gasteiger partial charge on any atom is 0.245 e. The van der Waals surface area contributed by atoms with Crippen LogP contribution in [0.3, 0.4) is 0 Å². The van der Waals surface area contributed by atoms with Crippen LogP contribution in [0.15, 0.2) is 12.5 Å². The molecule has 0 amide bonds. The zero-order valence-electron chi connectivity index (χ0n) is 16.3. The summed E-state index contributed by atoms with van der Waals surface area (Å²) in [4.78, 5) is 13.6. The molecule has 27 heavy (non-hydrogen) atoms. The van der Waals surface area contributed by atoms with E-state index in [4.69, 9.17) is 9.72 Å². The number of aryl methyl sites for hydroxylation is 2. The van der Waals surface area contributed by atoms with Crippen LogP contribution in [-0.4, -0.2) is 58.6 Å². The Morgan fingerprint density at radius 3 is 2.89 bits per heavy atom. The van der Waals surface area contributed by atoms with Crippen molar-refractivity contribution in [2.45, 2.75) is 39.8 Å². The van der Waals surface area contributed by atoms with Crippen molar-refractivity contribution in [3.05, 3.63) is 18.2 Å². The number of imidazole rings is 1. The predicted molar refractivity (Wildman–Crippen MR) is 108 cm³/mol. The van der Waals surface area contributed by atoms with Gasteiger partial charge in [-0.2, -0.15) is 10.1 Å². The van der Waals surface area contributed by atoms with Crippen LogP contribution in [0, 0.1) is 6.92 Å². The van der Waals surface area contributed by atoms with Crippen molar-refractivity contribution in [3.8, 4) is 17.3 Å². The van der Waals surface area contributed by atoms with Gasteiger partial charge in [0.25, 0.3) is 0 Å². The van der Waals surface area contributed by atoms with Crippen LogP contribution in [0.4, 0.5) is 0 Å². The van der Waals surface area contributed by atoms with Crippen LogP contribution in [-0.2, 0) is 25.5 Å². The Labute approximate surface area is 163 Å². The molecule has 3 aromatic heterocycles. The minimum Gasteiger partial charge on any atom is -0.471 e. The van der Waals surface area contributed by atoms with Gasteiger partial charge in [-0.1, -0.05) is 0 Å². The first-order chi connectivity index (χ1) is 13.1. The van der Waals surface area contributed by atoms with Gasteiger partial charge in [-0.25, -0.2) is 9.97 Å². The average molecular weight is 389 g/mol. The Kier molecular flexibility index (Phi) is 5.05. The van der Waals surface area contributed by atoms with E-state index >= 15 is 0 Å². The Morgan fingerprint density at radius 1 is 1.30 bits per heavy atom. The van der Waals surface area contributed by atoms with E-state index in [1.165, 1.54) is 11.9 Å². The molecule has 0 spiro atoms. The molecule has 144 valence electrons. The third kappa shape index (κ3) is 3.29. The van der Waals surface area contributed by atoms with Crippen molar-refractivity contribution < 1.29 is 4.74 Å². The lowest BCUT2D eigenvalue weighted by Gasteiger charge is -2.11. The second kappa shape index (κ2) is 7.47. The van der Waals surface area contributed by atoms with E-state index in [0.717, 1.165) is 54.5 Å². The quantitative estimate of drug-likeness (QED) is 0.473. The predicted octanol–water partition coefficient (Wildman–Crippen LogP) is 1.76. The number of hydrogen-bond acceptors (Lipinski definition) is 6. The van der Waals surface area contributed by atoms with Gasteiger partial charge in [-0.15, -0.1) is 4.31 Å². The van der Waals surface area contributed by atoms with Gasteiger partial charge < -0.3 is 9.30 Å². The smallest absolute Gasteiger partial charge is 0.245 e. The number of nitrogens with zero attached hydrogens (tertiary/aromatic N) is 7. The third-order valence-corrected chi connectivity index (χ3v) is 6.06. The molecule has 1 atom stereocenters. The average Bonchev–Trinajstić information content (AvgIpc) is 3.34. The van der Waals surface area contributed by atoms with Crippen molar-refractivity contribution in [2.24, 2.45) is 7.05 Å². The summed E-state index contributed by atoms with van der Waals surface area (Å²) < 4.78 is 12.6. The van der Waals surface area contributed by atoms with E-state index in [2.05, 4.69) is 40.1 Å². The lowest BCUT2D eigenvalue weighted by molar-refractivity contribution is 0.210. The fourth-order valence-corrected chi connectivity index (χ4v) is 4.54. The largest absolute Gasteiger partial charge is 0.471 e. The minimum absolute atomic E-state index is 0.150. The van der Waals surface area contributed by atoms with E-state index in [0.29, 0.717) is 11.4 Å². The Balaban J connectivity index is 1.67. The lowest BCUT2D eigenvalue weighted by atomic mass is 10.2. The third-order valence-electron chi connectivity index (χ3n) is 5.01. The van der Waals surface area contributed by atoms with E-state index in [1.54, 1.807) is 6.33 Å². The molecular formula is C18H26N7OS+. The molecule has 1 saturated heterocycles. The number of rotatable bonds is 6. The molecule has 8 nitrogen and oxygen atoms in total. The molecule has 0 saturated carbocycles. The molecule has 0 aromatic carbocycles. The zero-order valence-corrected chi connectivity index (χ0v) is 17.1. The van der Waals surface area contributed by atoms with Crippen LogP contribution >= 0.6 is 0 Å². The fourth-order valence-electron chi connectivity index (χ4n) is 3.58. The molecule has 0 aliphatic carbocycles. The topological polar surface area (TPSA) is 73.9 Å². The summed E-state index contributed by atoms with van der Waals surface area (Å²) in [5, 5.41) is 4.44. The highest BCUT2D eigenvalue weighted by molar-refractivity contribution is 7.76. The van der Waals surface area contributed by atoms with Gasteiger partial charge >= 0.3 is 0 Å². The Hall–Kier alpha value is -2.13. The maximum atomic E-state index is 6.23. The SMILES string of the molecule is CC[SH+]N1CC[C@H](Oc2ncnc3c2nc(-c2cnn(CC)c2C)n3C)C1. The van der Waals surface area contributed by atoms with Crippen molar-refractivity contribution in [2.75, 3.05) is 18.8 Å². The minimum atomic E-state index is 0.150. The van der Waals surface area contributed by atoms with Crippen LogP contribution in [0.25, 0.3) is 22.6 Å². The molecule has 4 rings (SSSR count). The maximum absolute atomic E-state index is 6.23. The molecule has 1 aliphatic rings. The first-order valence-electron chi connectivity index (χ1n) is 9.41. The van der Waals surface area contributed by atoms with Crippen molar-refractivity contribution >= 4 is 23.1 Å². The molecule has 1 fully saturated rings. The second-order valence-corrected chi connectivity index (χ2v) is 8.18. The second-order valence-electron chi connectivity index (χ2n) is 6.70. The van der Waals surface area contributed by atoms with Gasteiger partial charge in [-0.3, -0.25) is 4.68 Å². The summed E-state index contributed by atoms with van der Waals surface area (Å²) in [6, 6.07) is 0. The summed E-state index contributed by atoms with van der Waals surface area (Å²) in [6.45, 7) is 9.18. The molecule has 3 aromatic rings. The molecule has 0 radical (unpaired) electrons.